The summed E-state index contributed by atoms with van der Waals surface area (Å²) in [6.45, 7) is -0.102. The number of rotatable bonds is 7. The van der Waals surface area contributed by atoms with Crippen LogP contribution in [-0.4, -0.2) is 35.6 Å². The Morgan fingerprint density at radius 2 is 2.05 bits per heavy atom. The minimum atomic E-state index is -1.46. The maximum atomic E-state index is 10.9. The van der Waals surface area contributed by atoms with Gasteiger partial charge in [0.1, 0.15) is 5.56 Å². The third kappa shape index (κ3) is 3.57. The number of amides is 1. The lowest BCUT2D eigenvalue weighted by molar-refractivity contribution is -0.385. The third-order valence-electron chi connectivity index (χ3n) is 2.32. The van der Waals surface area contributed by atoms with Crippen LogP contribution in [0.2, 0.25) is 0 Å². The molecule has 20 heavy (non-hydrogen) atoms. The van der Waals surface area contributed by atoms with E-state index in [1.54, 1.807) is 0 Å². The summed E-state index contributed by atoms with van der Waals surface area (Å²) >= 11 is 0. The zero-order valence-electron chi connectivity index (χ0n) is 10.5. The van der Waals surface area contributed by atoms with E-state index < -0.39 is 28.1 Å². The monoisotopic (exact) mass is 284 g/mol. The Labute approximate surface area is 113 Å². The molecule has 0 atom stereocenters. The van der Waals surface area contributed by atoms with Gasteiger partial charge in [-0.25, -0.2) is 4.79 Å². The van der Waals surface area contributed by atoms with E-state index in [1.807, 2.05) is 0 Å². The summed E-state index contributed by atoms with van der Waals surface area (Å²) in [5.74, 6) is -2.08. The van der Waals surface area contributed by atoms with Crippen LogP contribution >= 0.6 is 0 Å². The predicted octanol–water partition coefficient (Wildman–Crippen LogP) is 0.556. The second-order valence-corrected chi connectivity index (χ2v) is 3.65. The summed E-state index contributed by atoms with van der Waals surface area (Å²) in [7, 11) is 1.26. The number of carboxylic acid groups (broad SMARTS) is 1. The van der Waals surface area contributed by atoms with E-state index in [0.717, 1.165) is 12.1 Å². The molecule has 0 unspecified atom stereocenters. The Hall–Kier alpha value is -2.84. The summed E-state index contributed by atoms with van der Waals surface area (Å²) in [5, 5.41) is 19.7. The number of nitrogens with two attached hydrogens (primary N) is 1. The van der Waals surface area contributed by atoms with E-state index in [-0.39, 0.29) is 24.5 Å². The maximum absolute atomic E-state index is 10.9. The summed E-state index contributed by atoms with van der Waals surface area (Å²) in [4.78, 5) is 31.5. The van der Waals surface area contributed by atoms with Gasteiger partial charge in [-0.15, -0.1) is 0 Å². The first-order valence-electron chi connectivity index (χ1n) is 5.37. The Kier molecular flexibility index (Phi) is 4.84. The topological polar surface area (TPSA) is 142 Å². The molecule has 0 bridgehead atoms. The van der Waals surface area contributed by atoms with Gasteiger partial charge in [0.15, 0.2) is 11.5 Å². The van der Waals surface area contributed by atoms with E-state index in [1.165, 1.54) is 7.11 Å². The zero-order chi connectivity index (χ0) is 15.3. The molecule has 1 rings (SSSR count). The number of carboxylic acids is 1. The molecule has 0 saturated carbocycles. The molecule has 0 aromatic heterocycles. The van der Waals surface area contributed by atoms with Crippen LogP contribution in [0.15, 0.2) is 12.1 Å². The van der Waals surface area contributed by atoms with Gasteiger partial charge < -0.3 is 20.3 Å². The lowest BCUT2D eigenvalue weighted by Crippen LogP contribution is -2.15. The molecular weight excluding hydrogens is 272 g/mol. The Morgan fingerprint density at radius 3 is 2.50 bits per heavy atom. The van der Waals surface area contributed by atoms with Gasteiger partial charge in [-0.1, -0.05) is 0 Å². The van der Waals surface area contributed by atoms with Crippen molar-refractivity contribution in [2.24, 2.45) is 5.73 Å². The number of methoxy groups -OCH3 is 1. The van der Waals surface area contributed by atoms with Gasteiger partial charge >= 0.3 is 5.97 Å². The van der Waals surface area contributed by atoms with Crippen molar-refractivity contribution in [1.29, 1.82) is 0 Å². The fourth-order valence-corrected chi connectivity index (χ4v) is 1.41. The van der Waals surface area contributed by atoms with Crippen molar-refractivity contribution in [3.8, 4) is 11.5 Å². The first-order chi connectivity index (χ1) is 9.36. The van der Waals surface area contributed by atoms with Crippen molar-refractivity contribution >= 4 is 17.6 Å². The van der Waals surface area contributed by atoms with Crippen LogP contribution in [0, 0.1) is 10.1 Å². The highest BCUT2D eigenvalue weighted by Crippen LogP contribution is 2.34. The van der Waals surface area contributed by atoms with E-state index in [4.69, 9.17) is 20.3 Å². The number of nitrogens with zero attached hydrogens (tertiary/aromatic N) is 1. The van der Waals surface area contributed by atoms with Crippen LogP contribution in [0.5, 0.6) is 11.5 Å². The Morgan fingerprint density at radius 1 is 1.40 bits per heavy atom. The van der Waals surface area contributed by atoms with Crippen molar-refractivity contribution in [3.05, 3.63) is 27.8 Å². The molecular formula is C11H12N2O7. The van der Waals surface area contributed by atoms with Gasteiger partial charge in [0.05, 0.1) is 31.1 Å². The van der Waals surface area contributed by atoms with Gasteiger partial charge in [0, 0.05) is 6.07 Å². The number of ether oxygens (including phenoxy) is 2. The van der Waals surface area contributed by atoms with Crippen LogP contribution in [0.4, 0.5) is 5.69 Å². The van der Waals surface area contributed by atoms with E-state index in [2.05, 4.69) is 0 Å². The van der Waals surface area contributed by atoms with Crippen LogP contribution in [-0.2, 0) is 4.79 Å². The number of hydrogen-bond acceptors (Lipinski definition) is 6. The van der Waals surface area contributed by atoms with Crippen molar-refractivity contribution in [2.75, 3.05) is 13.7 Å². The average Bonchev–Trinajstić information content (AvgIpc) is 2.37. The first-order valence-corrected chi connectivity index (χ1v) is 5.37. The molecule has 0 spiro atoms. The number of carbonyl (C=O) groups is 2. The fourth-order valence-electron chi connectivity index (χ4n) is 1.41. The van der Waals surface area contributed by atoms with Crippen LogP contribution in [0.25, 0.3) is 0 Å². The second-order valence-electron chi connectivity index (χ2n) is 3.65. The molecule has 1 aromatic rings. The van der Waals surface area contributed by atoms with Crippen LogP contribution in [0.3, 0.4) is 0 Å². The molecule has 0 aliphatic heterocycles. The zero-order valence-corrected chi connectivity index (χ0v) is 10.5. The minimum Gasteiger partial charge on any atom is -0.493 e. The van der Waals surface area contributed by atoms with Gasteiger partial charge in [0.25, 0.3) is 5.69 Å². The van der Waals surface area contributed by atoms with E-state index >= 15 is 0 Å². The normalized spacial score (nSPS) is 9.85. The summed E-state index contributed by atoms with van der Waals surface area (Å²) in [6, 6.07) is 1.92. The molecule has 0 aliphatic carbocycles. The van der Waals surface area contributed by atoms with Crippen molar-refractivity contribution < 1.29 is 29.1 Å². The van der Waals surface area contributed by atoms with Crippen LogP contribution in [0.1, 0.15) is 16.8 Å². The molecule has 9 heteroatoms. The number of benzene rings is 1. The molecule has 0 radical (unpaired) electrons. The quantitative estimate of drug-likeness (QED) is 0.550. The highest BCUT2D eigenvalue weighted by molar-refractivity contribution is 5.93. The number of aromatic carboxylic acids is 1. The van der Waals surface area contributed by atoms with Crippen molar-refractivity contribution in [1.82, 2.24) is 0 Å². The molecule has 1 aromatic carbocycles. The Bertz CT molecular complexity index is 556. The summed E-state index contributed by atoms with van der Waals surface area (Å²) < 4.78 is 10.0. The SMILES string of the molecule is COc1cc(C(=O)O)c([N+](=O)[O-])cc1OCCC(N)=O. The van der Waals surface area contributed by atoms with E-state index in [9.17, 15) is 19.7 Å². The number of primary amides is 1. The van der Waals surface area contributed by atoms with Crippen molar-refractivity contribution in [2.45, 2.75) is 6.42 Å². The molecule has 0 fully saturated rings. The molecule has 9 nitrogen and oxygen atoms in total. The maximum Gasteiger partial charge on any atom is 0.342 e. The highest BCUT2D eigenvalue weighted by atomic mass is 16.6. The van der Waals surface area contributed by atoms with Gasteiger partial charge in [-0.05, 0) is 0 Å². The number of nitro benzene ring substituents is 1. The smallest absolute Gasteiger partial charge is 0.342 e. The van der Waals surface area contributed by atoms with Crippen molar-refractivity contribution in [3.63, 3.8) is 0 Å². The molecule has 0 aliphatic rings. The lowest BCUT2D eigenvalue weighted by atomic mass is 10.1. The van der Waals surface area contributed by atoms with E-state index in [0.29, 0.717) is 0 Å². The third-order valence-corrected chi connectivity index (χ3v) is 2.32. The van der Waals surface area contributed by atoms with Gasteiger partial charge in [-0.2, -0.15) is 0 Å². The minimum absolute atomic E-state index is 0.0115. The molecule has 108 valence electrons. The predicted molar refractivity (Wildman–Crippen MR) is 65.9 cm³/mol. The lowest BCUT2D eigenvalue weighted by Gasteiger charge is -2.11. The average molecular weight is 284 g/mol. The van der Waals surface area contributed by atoms with Crippen LogP contribution < -0.4 is 15.2 Å². The highest BCUT2D eigenvalue weighted by Gasteiger charge is 2.24. The summed E-state index contributed by atoms with van der Waals surface area (Å²) in [6.07, 6.45) is -0.0857. The fraction of sp³-hybridized carbons (Fsp3) is 0.273. The summed E-state index contributed by atoms with van der Waals surface area (Å²) in [5.41, 5.74) is 3.78. The second kappa shape index (κ2) is 6.36. The first kappa shape index (κ1) is 15.2. The standard InChI is InChI=1S/C11H12N2O7/c1-19-8-4-6(11(15)16)7(13(17)18)5-9(8)20-3-2-10(12)14/h4-5H,2-3H2,1H3,(H2,12,14)(H,15,16). The largest absolute Gasteiger partial charge is 0.493 e. The van der Waals surface area contributed by atoms with Gasteiger partial charge in [0.2, 0.25) is 5.91 Å². The number of nitro groups is 1. The number of carbonyl (C=O) groups excluding carboxylic acids is 1. The van der Waals surface area contributed by atoms with Gasteiger partial charge in [-0.3, -0.25) is 14.9 Å². The molecule has 0 saturated heterocycles. The molecule has 1 amide bonds. The molecule has 3 N–H and O–H groups in total. The number of hydrogen-bond donors (Lipinski definition) is 2. The Balaban J connectivity index is 3.16. The molecule has 0 heterocycles.